The molecule has 1 aliphatic heterocycles. The fraction of sp³-hybridized carbons (Fsp3) is 0.519. The molecular weight excluding hydrogens is 440 g/mol. The third-order valence-corrected chi connectivity index (χ3v) is 7.71. The number of benzene rings is 1. The maximum absolute atomic E-state index is 13.2. The first-order chi connectivity index (χ1) is 17.1. The number of aromatic nitrogens is 5. The van der Waals surface area contributed by atoms with E-state index in [2.05, 4.69) is 52.9 Å². The van der Waals surface area contributed by atoms with Gasteiger partial charge in [0.2, 0.25) is 0 Å². The number of ether oxygens (including phenoxy) is 1. The molecule has 186 valence electrons. The van der Waals surface area contributed by atoms with Gasteiger partial charge in [0.25, 0.3) is 0 Å². The molecule has 4 aromatic rings. The lowest BCUT2D eigenvalue weighted by Crippen LogP contribution is -2.41. The van der Waals surface area contributed by atoms with Crippen molar-refractivity contribution in [3.63, 3.8) is 0 Å². The summed E-state index contributed by atoms with van der Waals surface area (Å²) in [6.45, 7) is 9.90. The van der Waals surface area contributed by atoms with Gasteiger partial charge in [0.15, 0.2) is 11.4 Å². The summed E-state index contributed by atoms with van der Waals surface area (Å²) >= 11 is 0. The third-order valence-electron chi connectivity index (χ3n) is 7.71. The summed E-state index contributed by atoms with van der Waals surface area (Å²) < 4.78 is 9.33. The predicted molar refractivity (Wildman–Crippen MR) is 139 cm³/mol. The Kier molecular flexibility index (Phi) is 6.65. The van der Waals surface area contributed by atoms with Gasteiger partial charge in [0.1, 0.15) is 6.33 Å². The van der Waals surface area contributed by atoms with Crippen LogP contribution in [0.15, 0.2) is 35.5 Å². The van der Waals surface area contributed by atoms with E-state index in [9.17, 15) is 4.79 Å². The van der Waals surface area contributed by atoms with Gasteiger partial charge in [-0.1, -0.05) is 33.6 Å². The summed E-state index contributed by atoms with van der Waals surface area (Å²) in [6.07, 6.45) is 8.93. The quantitative estimate of drug-likeness (QED) is 0.399. The van der Waals surface area contributed by atoms with E-state index in [0.717, 1.165) is 67.0 Å². The molecule has 4 heterocycles. The molecule has 8 nitrogen and oxygen atoms in total. The minimum atomic E-state index is -0.0158. The molecule has 1 aliphatic rings. The molecule has 1 N–H and O–H groups in total. The molecule has 3 aromatic heterocycles. The first-order valence-corrected chi connectivity index (χ1v) is 12.9. The number of methoxy groups -OCH3 is 1. The Balaban J connectivity index is 1.54. The smallest absolute Gasteiger partial charge is 0.326 e. The van der Waals surface area contributed by atoms with Crippen molar-refractivity contribution in [1.82, 2.24) is 29.0 Å². The van der Waals surface area contributed by atoms with E-state index in [1.54, 1.807) is 11.6 Å². The minimum absolute atomic E-state index is 0.0158. The van der Waals surface area contributed by atoms with E-state index in [1.807, 2.05) is 16.8 Å². The molecule has 1 atom stereocenters. The number of hydrogen-bond donors (Lipinski definition) is 1. The van der Waals surface area contributed by atoms with Crippen LogP contribution in [0, 0.1) is 5.92 Å². The van der Waals surface area contributed by atoms with Gasteiger partial charge in [-0.15, -0.1) is 0 Å². The average molecular weight is 477 g/mol. The highest BCUT2D eigenvalue weighted by Gasteiger charge is 2.26. The topological polar surface area (TPSA) is 80.5 Å². The second-order valence-electron chi connectivity index (χ2n) is 9.74. The number of pyridine rings is 1. The highest BCUT2D eigenvalue weighted by atomic mass is 16.5. The van der Waals surface area contributed by atoms with E-state index in [0.29, 0.717) is 11.4 Å². The van der Waals surface area contributed by atoms with E-state index in [1.165, 1.54) is 24.7 Å². The van der Waals surface area contributed by atoms with E-state index in [-0.39, 0.29) is 11.7 Å². The molecule has 5 rings (SSSR count). The zero-order valence-corrected chi connectivity index (χ0v) is 21.3. The molecular formula is C27H36N6O2. The molecule has 0 amide bonds. The number of fused-ring (bicyclic) bond motifs is 2. The Hall–Kier alpha value is -3.13. The summed E-state index contributed by atoms with van der Waals surface area (Å²) in [6, 6.07) is 6.49. The van der Waals surface area contributed by atoms with Crippen molar-refractivity contribution in [1.29, 1.82) is 0 Å². The second-order valence-corrected chi connectivity index (χ2v) is 9.74. The maximum Gasteiger partial charge on any atom is 0.326 e. The van der Waals surface area contributed by atoms with E-state index < -0.39 is 0 Å². The van der Waals surface area contributed by atoms with Gasteiger partial charge in [-0.25, -0.2) is 14.3 Å². The number of aryl methyl sites for hydroxylation is 1. The van der Waals surface area contributed by atoms with Crippen molar-refractivity contribution in [2.75, 3.05) is 26.7 Å². The van der Waals surface area contributed by atoms with Crippen LogP contribution < -0.4 is 10.4 Å². The zero-order valence-electron chi connectivity index (χ0n) is 21.3. The number of likely N-dealkylation sites (tertiary alicyclic amines) is 1. The van der Waals surface area contributed by atoms with Crippen molar-refractivity contribution in [2.45, 2.75) is 58.9 Å². The van der Waals surface area contributed by atoms with Gasteiger partial charge in [-0.2, -0.15) is 5.10 Å². The Bertz CT molecular complexity index is 1380. The second kappa shape index (κ2) is 9.85. The number of imidazole rings is 1. The Morgan fingerprint density at radius 3 is 2.77 bits per heavy atom. The molecule has 1 unspecified atom stereocenters. The van der Waals surface area contributed by atoms with Crippen molar-refractivity contribution < 1.29 is 4.74 Å². The van der Waals surface area contributed by atoms with Crippen LogP contribution in [0.2, 0.25) is 0 Å². The summed E-state index contributed by atoms with van der Waals surface area (Å²) in [4.78, 5) is 23.2. The largest absolute Gasteiger partial charge is 0.493 e. The molecule has 35 heavy (non-hydrogen) atoms. The summed E-state index contributed by atoms with van der Waals surface area (Å²) in [7, 11) is 1.64. The molecule has 0 spiro atoms. The maximum atomic E-state index is 13.2. The van der Waals surface area contributed by atoms with Crippen LogP contribution in [0.1, 0.15) is 58.1 Å². The van der Waals surface area contributed by atoms with Crippen LogP contribution in [-0.2, 0) is 6.42 Å². The number of nitrogens with zero attached hydrogens (tertiary/aromatic N) is 5. The fourth-order valence-corrected chi connectivity index (χ4v) is 5.65. The number of nitrogens with one attached hydrogen (secondary N) is 1. The molecule has 1 fully saturated rings. The molecule has 1 saturated heterocycles. The van der Waals surface area contributed by atoms with Crippen LogP contribution in [0.3, 0.4) is 0 Å². The SMILES string of the molecule is CCc1cc2c(cc1-c1cc(OC)c3ncnn3c1)[nH]c(=O)n2C1CCCN(CC(CC)CC)C1. The number of hydrogen-bond acceptors (Lipinski definition) is 5. The highest BCUT2D eigenvalue weighted by Crippen LogP contribution is 2.33. The van der Waals surface area contributed by atoms with E-state index >= 15 is 0 Å². The van der Waals surface area contributed by atoms with Crippen LogP contribution in [0.4, 0.5) is 0 Å². The average Bonchev–Trinajstić information content (AvgIpc) is 3.49. The molecule has 0 bridgehead atoms. The van der Waals surface area contributed by atoms with Crippen molar-refractivity contribution in [3.8, 4) is 16.9 Å². The standard InChI is InChI=1S/C27H36N6O2/c1-5-18(6-2)14-31-10-8-9-21(16-31)33-24-11-19(7-3)22(13-23(24)30-27(33)34)20-12-25(35-4)26-28-17-29-32(26)15-20/h11-13,15,17-18,21H,5-10,14,16H2,1-4H3,(H,30,34). The van der Waals surface area contributed by atoms with Crippen LogP contribution in [0.25, 0.3) is 27.8 Å². The highest BCUT2D eigenvalue weighted by molar-refractivity contribution is 5.85. The first-order valence-electron chi connectivity index (χ1n) is 12.9. The lowest BCUT2D eigenvalue weighted by molar-refractivity contribution is 0.151. The molecule has 0 radical (unpaired) electrons. The number of aromatic amines is 1. The van der Waals surface area contributed by atoms with E-state index in [4.69, 9.17) is 4.74 Å². The summed E-state index contributed by atoms with van der Waals surface area (Å²) in [5.74, 6) is 1.40. The lowest BCUT2D eigenvalue weighted by Gasteiger charge is -2.35. The third kappa shape index (κ3) is 4.35. The molecule has 8 heteroatoms. The number of rotatable bonds is 8. The van der Waals surface area contributed by atoms with Crippen molar-refractivity contribution >= 4 is 16.7 Å². The Morgan fingerprint density at radius 1 is 1.20 bits per heavy atom. The van der Waals surface area contributed by atoms with Gasteiger partial charge < -0.3 is 14.6 Å². The van der Waals surface area contributed by atoms with Gasteiger partial charge >= 0.3 is 5.69 Å². The minimum Gasteiger partial charge on any atom is -0.493 e. The zero-order chi connectivity index (χ0) is 24.5. The predicted octanol–water partition coefficient (Wildman–Crippen LogP) is 4.68. The normalized spacial score (nSPS) is 17.1. The van der Waals surface area contributed by atoms with Crippen LogP contribution in [0.5, 0.6) is 5.75 Å². The lowest BCUT2D eigenvalue weighted by atomic mass is 9.97. The Labute approximate surface area is 205 Å². The first kappa shape index (κ1) is 23.6. The van der Waals surface area contributed by atoms with Gasteiger partial charge in [0.05, 0.1) is 24.2 Å². The monoisotopic (exact) mass is 476 g/mol. The molecule has 1 aromatic carbocycles. The summed E-state index contributed by atoms with van der Waals surface area (Å²) in [5.41, 5.74) is 5.79. The fourth-order valence-electron chi connectivity index (χ4n) is 5.65. The summed E-state index contributed by atoms with van der Waals surface area (Å²) in [5, 5.41) is 4.31. The van der Waals surface area contributed by atoms with Gasteiger partial charge in [-0.3, -0.25) is 4.57 Å². The van der Waals surface area contributed by atoms with Gasteiger partial charge in [-0.05, 0) is 61.1 Å². The molecule has 0 saturated carbocycles. The van der Waals surface area contributed by atoms with Crippen LogP contribution >= 0.6 is 0 Å². The number of H-pyrrole nitrogens is 1. The van der Waals surface area contributed by atoms with Crippen molar-refractivity contribution in [3.05, 3.63) is 46.8 Å². The molecule has 0 aliphatic carbocycles. The Morgan fingerprint density at radius 2 is 2.03 bits per heavy atom. The van der Waals surface area contributed by atoms with Crippen molar-refractivity contribution in [2.24, 2.45) is 5.92 Å². The number of piperidine rings is 1. The van der Waals surface area contributed by atoms with Crippen LogP contribution in [-0.4, -0.2) is 55.8 Å². The van der Waals surface area contributed by atoms with Gasteiger partial charge in [0, 0.05) is 24.8 Å².